The van der Waals surface area contributed by atoms with Gasteiger partial charge in [-0.2, -0.15) is 0 Å². The second kappa shape index (κ2) is 19.0. The molecule has 0 unspecified atom stereocenters. The minimum Gasteiger partial charge on any atom is -0.508 e. The molecule has 3 aromatic carbocycles. The van der Waals surface area contributed by atoms with E-state index in [9.17, 15) is 38.7 Å². The van der Waals surface area contributed by atoms with E-state index < -0.39 is 67.2 Å². The molecule has 6 atom stereocenters. The molecule has 3 aromatic rings. The first kappa shape index (κ1) is 42.4. The molecule has 8 N–H and O–H groups in total. The predicted octanol–water partition coefficient (Wildman–Crippen LogP) is 1.49. The highest BCUT2D eigenvalue weighted by Gasteiger charge is 2.54. The average molecular weight is 809 g/mol. The molecule has 6 amide bonds. The van der Waals surface area contributed by atoms with Crippen LogP contribution in [0.4, 0.5) is 0 Å². The maximum Gasteiger partial charge on any atom is 0.258 e. The number of hydrogen-bond acceptors (Lipinski definition) is 9. The summed E-state index contributed by atoms with van der Waals surface area (Å²) in [4.78, 5) is 88.7. The van der Waals surface area contributed by atoms with Gasteiger partial charge in [-0.05, 0) is 96.4 Å². The van der Waals surface area contributed by atoms with Crippen LogP contribution in [0.2, 0.25) is 0 Å². The standard InChI is InChI=1S/C44H52N6O9/c1-44-18-17-32-31-14-12-30(21-28(31)9-13-33(32)34(44)15-16-37(44)52)59-25-41(56)50-36(20-27-7-10-29(51)11-8-27)43(58)48-23-39(54)46-24-40(55)49-35(42(57)47-22-38(45)53)19-26-5-3-2-4-6-26/h2-8,10-12,14,21,32-36,51H,9,13,15-20,22-25H2,1H3,(H2,45,53)(H,46,54)(H,47,57)(H,48,58)(H,49,55)(H,50,56)/t32-,33-,34+,35+,36+,44+/m1/s1. The molecule has 0 radical (unpaired) electrons. The molecule has 2 fully saturated rings. The number of amides is 6. The number of aromatic hydroxyl groups is 1. The van der Waals surface area contributed by atoms with E-state index in [1.54, 1.807) is 42.5 Å². The highest BCUT2D eigenvalue weighted by atomic mass is 16.5. The fraction of sp³-hybridized carbons (Fsp3) is 0.432. The Morgan fingerprint density at radius 3 is 2.10 bits per heavy atom. The summed E-state index contributed by atoms with van der Waals surface area (Å²) < 4.78 is 5.90. The van der Waals surface area contributed by atoms with Crippen LogP contribution < -0.4 is 37.1 Å². The summed E-state index contributed by atoms with van der Waals surface area (Å²) in [6, 6.07) is 18.8. The third-order valence-electron chi connectivity index (χ3n) is 12.0. The molecular formula is C44H52N6O9. The van der Waals surface area contributed by atoms with Gasteiger partial charge in [-0.3, -0.25) is 33.6 Å². The van der Waals surface area contributed by atoms with Crippen molar-refractivity contribution in [3.05, 3.63) is 95.1 Å². The van der Waals surface area contributed by atoms with Crippen LogP contribution in [-0.4, -0.2) is 84.7 Å². The lowest BCUT2D eigenvalue weighted by atomic mass is 9.55. The van der Waals surface area contributed by atoms with E-state index in [1.165, 1.54) is 23.3 Å². The van der Waals surface area contributed by atoms with Crippen LogP contribution in [0, 0.1) is 17.3 Å². The topological polar surface area (TPSA) is 235 Å². The van der Waals surface area contributed by atoms with Crippen molar-refractivity contribution in [2.24, 2.45) is 23.0 Å². The van der Waals surface area contributed by atoms with E-state index in [2.05, 4.69) is 39.6 Å². The van der Waals surface area contributed by atoms with Crippen LogP contribution in [-0.2, 0) is 52.8 Å². The monoisotopic (exact) mass is 808 g/mol. The van der Waals surface area contributed by atoms with Crippen LogP contribution in [0.1, 0.15) is 67.2 Å². The first-order chi connectivity index (χ1) is 28.3. The number of ketones is 1. The molecule has 0 spiro atoms. The first-order valence-electron chi connectivity index (χ1n) is 20.1. The van der Waals surface area contributed by atoms with Crippen molar-refractivity contribution in [2.75, 3.05) is 26.2 Å². The summed E-state index contributed by atoms with van der Waals surface area (Å²) in [6.07, 6.45) is 5.59. The van der Waals surface area contributed by atoms with Gasteiger partial charge in [-0.1, -0.05) is 55.5 Å². The lowest BCUT2D eigenvalue weighted by Crippen LogP contribution is -2.53. The van der Waals surface area contributed by atoms with E-state index >= 15 is 0 Å². The van der Waals surface area contributed by atoms with E-state index in [-0.39, 0.29) is 30.6 Å². The molecular weight excluding hydrogens is 757 g/mol. The normalized spacial score (nSPS) is 21.3. The lowest BCUT2D eigenvalue weighted by molar-refractivity contribution is -0.131. The Morgan fingerprint density at radius 2 is 1.41 bits per heavy atom. The molecule has 3 aliphatic rings. The molecule has 0 aliphatic heterocycles. The maximum atomic E-state index is 13.4. The van der Waals surface area contributed by atoms with E-state index in [0.29, 0.717) is 41.3 Å². The third kappa shape index (κ3) is 10.8. The van der Waals surface area contributed by atoms with Gasteiger partial charge in [-0.25, -0.2) is 0 Å². The number of ether oxygens (including phenoxy) is 1. The summed E-state index contributed by atoms with van der Waals surface area (Å²) in [6.45, 7) is 0.337. The Morgan fingerprint density at radius 1 is 0.763 bits per heavy atom. The number of phenolic OH excluding ortho intramolecular Hbond substituents is 1. The largest absolute Gasteiger partial charge is 0.508 e. The summed E-state index contributed by atoms with van der Waals surface area (Å²) in [5.41, 5.74) is 8.81. The molecule has 59 heavy (non-hydrogen) atoms. The van der Waals surface area contributed by atoms with Crippen LogP contribution in [0.15, 0.2) is 72.8 Å². The van der Waals surface area contributed by atoms with Gasteiger partial charge in [-0.15, -0.1) is 0 Å². The number of primary amides is 1. The number of carbonyl (C=O) groups is 7. The van der Waals surface area contributed by atoms with Gasteiger partial charge in [0.1, 0.15) is 29.4 Å². The summed E-state index contributed by atoms with van der Waals surface area (Å²) in [7, 11) is 0. The van der Waals surface area contributed by atoms with Gasteiger partial charge in [0, 0.05) is 24.7 Å². The van der Waals surface area contributed by atoms with Crippen LogP contribution in [0.3, 0.4) is 0 Å². The molecule has 0 bridgehead atoms. The van der Waals surface area contributed by atoms with E-state index in [4.69, 9.17) is 10.5 Å². The van der Waals surface area contributed by atoms with Crippen molar-refractivity contribution in [3.8, 4) is 11.5 Å². The number of aryl methyl sites for hydroxylation is 1. The number of Topliss-reactive ketones (excluding diaryl/α,β-unsaturated/α-hetero) is 1. The van der Waals surface area contributed by atoms with Crippen molar-refractivity contribution in [1.29, 1.82) is 0 Å². The van der Waals surface area contributed by atoms with Gasteiger partial charge < -0.3 is 42.2 Å². The number of nitrogens with two attached hydrogens (primary N) is 1. The molecule has 0 aromatic heterocycles. The van der Waals surface area contributed by atoms with Crippen molar-refractivity contribution in [2.45, 2.75) is 76.3 Å². The molecule has 0 saturated heterocycles. The predicted molar refractivity (Wildman–Crippen MR) is 216 cm³/mol. The van der Waals surface area contributed by atoms with Crippen molar-refractivity contribution < 1.29 is 43.4 Å². The van der Waals surface area contributed by atoms with Gasteiger partial charge in [0.15, 0.2) is 6.61 Å². The van der Waals surface area contributed by atoms with E-state index in [1.807, 2.05) is 12.1 Å². The van der Waals surface area contributed by atoms with Crippen LogP contribution >= 0.6 is 0 Å². The molecule has 6 rings (SSSR count). The first-order valence-corrected chi connectivity index (χ1v) is 20.1. The van der Waals surface area contributed by atoms with Crippen molar-refractivity contribution in [1.82, 2.24) is 26.6 Å². The number of fused-ring (bicyclic) bond motifs is 5. The number of rotatable bonds is 17. The van der Waals surface area contributed by atoms with Gasteiger partial charge in [0.05, 0.1) is 19.6 Å². The fourth-order valence-corrected chi connectivity index (χ4v) is 9.02. The summed E-state index contributed by atoms with van der Waals surface area (Å²) in [5.74, 6) is -1.72. The Hall–Kier alpha value is -6.25. The van der Waals surface area contributed by atoms with Crippen molar-refractivity contribution >= 4 is 41.2 Å². The zero-order valence-electron chi connectivity index (χ0n) is 33.1. The molecule has 0 heterocycles. The molecule has 15 heteroatoms. The zero-order chi connectivity index (χ0) is 42.1. The smallest absolute Gasteiger partial charge is 0.258 e. The molecule has 15 nitrogen and oxygen atoms in total. The second-order valence-corrected chi connectivity index (χ2v) is 16.0. The van der Waals surface area contributed by atoms with Gasteiger partial charge in [0.2, 0.25) is 29.5 Å². The number of carbonyl (C=O) groups excluding carboxylic acids is 7. The number of nitrogens with one attached hydrogen (secondary N) is 5. The highest BCUT2D eigenvalue weighted by Crippen LogP contribution is 2.59. The Balaban J connectivity index is 1.00. The zero-order valence-corrected chi connectivity index (χ0v) is 33.1. The fourth-order valence-electron chi connectivity index (χ4n) is 9.02. The minimum absolute atomic E-state index is 0.0294. The summed E-state index contributed by atoms with van der Waals surface area (Å²) in [5, 5.41) is 22.3. The third-order valence-corrected chi connectivity index (χ3v) is 12.0. The number of hydrogen-bond donors (Lipinski definition) is 7. The molecule has 312 valence electrons. The molecule has 3 aliphatic carbocycles. The Bertz CT molecular complexity index is 2060. The Kier molecular flexibility index (Phi) is 13.6. The van der Waals surface area contributed by atoms with Crippen molar-refractivity contribution in [3.63, 3.8) is 0 Å². The highest BCUT2D eigenvalue weighted by molar-refractivity contribution is 5.94. The molecule has 2 saturated carbocycles. The van der Waals surface area contributed by atoms with Gasteiger partial charge in [0.25, 0.3) is 5.91 Å². The van der Waals surface area contributed by atoms with Crippen LogP contribution in [0.25, 0.3) is 0 Å². The maximum absolute atomic E-state index is 13.4. The lowest BCUT2D eigenvalue weighted by Gasteiger charge is -2.48. The Labute approximate surface area is 342 Å². The SMILES string of the molecule is C[C@]12CC[C@@H]3c4ccc(OCC(=O)N[C@@H](Cc5ccc(O)cc5)C(=O)NCC(=O)NCC(=O)N[C@@H](Cc5ccccc5)C(=O)NCC(N)=O)cc4CC[C@H]3[C@@H]1CCC2=O. The summed E-state index contributed by atoms with van der Waals surface area (Å²) >= 11 is 0. The number of phenols is 1. The second-order valence-electron chi connectivity index (χ2n) is 16.0. The van der Waals surface area contributed by atoms with Crippen LogP contribution in [0.5, 0.6) is 11.5 Å². The quantitative estimate of drug-likeness (QED) is 0.105. The van der Waals surface area contributed by atoms with Gasteiger partial charge >= 0.3 is 0 Å². The average Bonchev–Trinajstić information content (AvgIpc) is 3.54. The minimum atomic E-state index is -1.12. The number of benzene rings is 3. The van der Waals surface area contributed by atoms with E-state index in [0.717, 1.165) is 37.7 Å².